The van der Waals surface area contributed by atoms with Crippen LogP contribution in [-0.4, -0.2) is 10.9 Å². The molecular weight excluding hydrogens is 401 g/mol. The Kier molecular flexibility index (Phi) is 4.63. The molecule has 25 heavy (non-hydrogen) atoms. The zero-order chi connectivity index (χ0) is 18.0. The second kappa shape index (κ2) is 6.72. The molecule has 3 aromatic rings. The van der Waals surface area contributed by atoms with Crippen LogP contribution in [0.4, 0.5) is 18.9 Å². The molecule has 0 aliphatic rings. The molecule has 1 aromatic heterocycles. The van der Waals surface area contributed by atoms with Gasteiger partial charge in [-0.3, -0.25) is 4.79 Å². The highest BCUT2D eigenvalue weighted by Gasteiger charge is 2.30. The van der Waals surface area contributed by atoms with Crippen molar-refractivity contribution < 1.29 is 22.4 Å². The Balaban J connectivity index is 1.78. The van der Waals surface area contributed by atoms with Crippen molar-refractivity contribution in [3.63, 3.8) is 0 Å². The SMILES string of the molecule is O=C(Nc1ccccc1Br)c1coc(-c2ccc(C(F)(F)F)cc2)n1. The topological polar surface area (TPSA) is 55.1 Å². The molecule has 0 aliphatic carbocycles. The summed E-state index contributed by atoms with van der Waals surface area (Å²) in [7, 11) is 0. The fourth-order valence-electron chi connectivity index (χ4n) is 2.06. The largest absolute Gasteiger partial charge is 0.444 e. The second-order valence-electron chi connectivity index (χ2n) is 5.05. The number of nitrogens with one attached hydrogen (secondary N) is 1. The highest BCUT2D eigenvalue weighted by Crippen LogP contribution is 2.31. The van der Waals surface area contributed by atoms with Gasteiger partial charge in [0.1, 0.15) is 6.26 Å². The summed E-state index contributed by atoms with van der Waals surface area (Å²) in [5.74, 6) is -0.431. The Morgan fingerprint density at radius 1 is 1.08 bits per heavy atom. The molecule has 8 heteroatoms. The molecule has 0 bridgehead atoms. The van der Waals surface area contributed by atoms with Crippen molar-refractivity contribution in [3.8, 4) is 11.5 Å². The zero-order valence-corrected chi connectivity index (χ0v) is 14.1. The summed E-state index contributed by atoms with van der Waals surface area (Å²) in [6.45, 7) is 0. The number of para-hydroxylation sites is 1. The molecule has 0 saturated heterocycles. The number of alkyl halides is 3. The van der Waals surface area contributed by atoms with Gasteiger partial charge in [0.2, 0.25) is 5.89 Å². The molecule has 0 fully saturated rings. The van der Waals surface area contributed by atoms with Gasteiger partial charge < -0.3 is 9.73 Å². The molecule has 0 radical (unpaired) electrons. The fourth-order valence-corrected chi connectivity index (χ4v) is 2.45. The number of amides is 1. The first-order chi connectivity index (χ1) is 11.8. The van der Waals surface area contributed by atoms with Crippen molar-refractivity contribution >= 4 is 27.5 Å². The fraction of sp³-hybridized carbons (Fsp3) is 0.0588. The Labute approximate surface area is 148 Å². The van der Waals surface area contributed by atoms with Gasteiger partial charge in [0, 0.05) is 10.0 Å². The average Bonchev–Trinajstić information content (AvgIpc) is 3.06. The molecule has 0 atom stereocenters. The van der Waals surface area contributed by atoms with Crippen molar-refractivity contribution in [1.82, 2.24) is 4.98 Å². The Hall–Kier alpha value is -2.61. The van der Waals surface area contributed by atoms with Gasteiger partial charge in [-0.15, -0.1) is 0 Å². The van der Waals surface area contributed by atoms with Crippen LogP contribution in [0.25, 0.3) is 11.5 Å². The van der Waals surface area contributed by atoms with Gasteiger partial charge in [-0.05, 0) is 52.3 Å². The van der Waals surface area contributed by atoms with E-state index >= 15 is 0 Å². The third kappa shape index (κ3) is 3.90. The number of carbonyl (C=O) groups excluding carboxylic acids is 1. The van der Waals surface area contributed by atoms with Crippen molar-refractivity contribution in [2.75, 3.05) is 5.32 Å². The maximum absolute atomic E-state index is 12.6. The van der Waals surface area contributed by atoms with Crippen LogP contribution in [-0.2, 0) is 6.18 Å². The quantitative estimate of drug-likeness (QED) is 0.630. The van der Waals surface area contributed by atoms with Crippen molar-refractivity contribution in [2.45, 2.75) is 6.18 Å². The van der Waals surface area contributed by atoms with Gasteiger partial charge in [0.25, 0.3) is 5.91 Å². The van der Waals surface area contributed by atoms with Gasteiger partial charge in [0.15, 0.2) is 5.69 Å². The molecule has 2 aromatic carbocycles. The van der Waals surface area contributed by atoms with Crippen molar-refractivity contribution in [1.29, 1.82) is 0 Å². The molecular formula is C17H10BrF3N2O2. The number of aromatic nitrogens is 1. The summed E-state index contributed by atoms with van der Waals surface area (Å²) in [5.41, 5.74) is 0.153. The van der Waals surface area contributed by atoms with Crippen LogP contribution in [0.2, 0.25) is 0 Å². The molecule has 128 valence electrons. The first kappa shape index (κ1) is 17.2. The highest BCUT2D eigenvalue weighted by atomic mass is 79.9. The molecule has 0 unspecified atom stereocenters. The third-order valence-corrected chi connectivity index (χ3v) is 4.01. The zero-order valence-electron chi connectivity index (χ0n) is 12.5. The van der Waals surface area contributed by atoms with E-state index in [0.717, 1.165) is 18.4 Å². The molecule has 0 aliphatic heterocycles. The van der Waals surface area contributed by atoms with E-state index in [2.05, 4.69) is 26.2 Å². The summed E-state index contributed by atoms with van der Waals surface area (Å²) in [6.07, 6.45) is -3.26. The Bertz CT molecular complexity index is 905. The maximum atomic E-state index is 12.6. The van der Waals surface area contributed by atoms with Crippen LogP contribution >= 0.6 is 15.9 Å². The van der Waals surface area contributed by atoms with Crippen molar-refractivity contribution in [2.24, 2.45) is 0 Å². The van der Waals surface area contributed by atoms with Crippen LogP contribution in [0.15, 0.2) is 63.7 Å². The first-order valence-electron chi connectivity index (χ1n) is 7.03. The van der Waals surface area contributed by atoms with E-state index in [1.54, 1.807) is 24.3 Å². The predicted molar refractivity (Wildman–Crippen MR) is 89.0 cm³/mol. The number of carbonyl (C=O) groups is 1. The van der Waals surface area contributed by atoms with Gasteiger partial charge >= 0.3 is 6.18 Å². The molecule has 0 saturated carbocycles. The number of benzene rings is 2. The van der Waals surface area contributed by atoms with Gasteiger partial charge in [-0.25, -0.2) is 4.98 Å². The third-order valence-electron chi connectivity index (χ3n) is 3.32. The smallest absolute Gasteiger partial charge is 0.416 e. The maximum Gasteiger partial charge on any atom is 0.416 e. The lowest BCUT2D eigenvalue weighted by Crippen LogP contribution is -2.12. The predicted octanol–water partition coefficient (Wildman–Crippen LogP) is 5.38. The van der Waals surface area contributed by atoms with Gasteiger partial charge in [-0.2, -0.15) is 13.2 Å². The summed E-state index contributed by atoms with van der Waals surface area (Å²) in [4.78, 5) is 16.2. The summed E-state index contributed by atoms with van der Waals surface area (Å²) >= 11 is 3.31. The van der Waals surface area contributed by atoms with E-state index in [1.165, 1.54) is 12.1 Å². The Morgan fingerprint density at radius 3 is 2.40 bits per heavy atom. The number of anilines is 1. The first-order valence-corrected chi connectivity index (χ1v) is 7.83. The lowest BCUT2D eigenvalue weighted by atomic mass is 10.1. The summed E-state index contributed by atoms with van der Waals surface area (Å²) in [5, 5.41) is 2.66. The van der Waals surface area contributed by atoms with Crippen LogP contribution in [0.5, 0.6) is 0 Å². The average molecular weight is 411 g/mol. The number of hydrogen-bond acceptors (Lipinski definition) is 3. The van der Waals surface area contributed by atoms with Crippen LogP contribution in [0.3, 0.4) is 0 Å². The van der Waals surface area contributed by atoms with E-state index < -0.39 is 17.6 Å². The van der Waals surface area contributed by atoms with E-state index in [-0.39, 0.29) is 11.6 Å². The summed E-state index contributed by atoms with van der Waals surface area (Å²) < 4.78 is 43.6. The van der Waals surface area contributed by atoms with E-state index in [4.69, 9.17) is 4.42 Å². The van der Waals surface area contributed by atoms with Gasteiger partial charge in [0.05, 0.1) is 11.3 Å². The molecule has 1 amide bonds. The van der Waals surface area contributed by atoms with Crippen LogP contribution in [0.1, 0.15) is 16.1 Å². The van der Waals surface area contributed by atoms with Crippen LogP contribution in [0, 0.1) is 0 Å². The van der Waals surface area contributed by atoms with Gasteiger partial charge in [-0.1, -0.05) is 12.1 Å². The lowest BCUT2D eigenvalue weighted by Gasteiger charge is -2.06. The number of hydrogen-bond donors (Lipinski definition) is 1. The monoisotopic (exact) mass is 410 g/mol. The summed E-state index contributed by atoms with van der Waals surface area (Å²) in [6, 6.07) is 11.4. The minimum Gasteiger partial charge on any atom is -0.444 e. The number of halogens is 4. The number of rotatable bonds is 3. The molecule has 3 rings (SSSR count). The van der Waals surface area contributed by atoms with E-state index in [1.807, 2.05) is 0 Å². The van der Waals surface area contributed by atoms with Crippen LogP contribution < -0.4 is 5.32 Å². The Morgan fingerprint density at radius 2 is 1.76 bits per heavy atom. The standard InChI is InChI=1S/C17H10BrF3N2O2/c18-12-3-1-2-4-13(12)22-15(24)14-9-25-16(23-14)10-5-7-11(8-6-10)17(19,20)21/h1-9H,(H,22,24). The minimum atomic E-state index is -4.41. The number of oxazole rings is 1. The van der Waals surface area contributed by atoms with E-state index in [0.29, 0.717) is 15.7 Å². The van der Waals surface area contributed by atoms with E-state index in [9.17, 15) is 18.0 Å². The molecule has 4 nitrogen and oxygen atoms in total. The normalized spacial score (nSPS) is 11.4. The second-order valence-corrected chi connectivity index (χ2v) is 5.90. The van der Waals surface area contributed by atoms with Crippen molar-refractivity contribution in [3.05, 3.63) is 70.5 Å². The lowest BCUT2D eigenvalue weighted by molar-refractivity contribution is -0.137. The number of nitrogens with zero attached hydrogens (tertiary/aromatic N) is 1. The highest BCUT2D eigenvalue weighted by molar-refractivity contribution is 9.10. The molecule has 0 spiro atoms. The molecule has 1 heterocycles. The minimum absolute atomic E-state index is 0.0191. The molecule has 1 N–H and O–H groups in total.